The Labute approximate surface area is 536 Å². The fourth-order valence-electron chi connectivity index (χ4n) is 9.94. The quantitative estimate of drug-likeness (QED) is 0.0291. The summed E-state index contributed by atoms with van der Waals surface area (Å²) in [6.45, 7) is 10.5. The van der Waals surface area contributed by atoms with Crippen LogP contribution in [0.1, 0.15) is 239 Å². The molecule has 77 heavy (non-hydrogen) atoms. The van der Waals surface area contributed by atoms with Crippen LogP contribution in [0.5, 0.6) is 0 Å². The molecule has 2 aliphatic rings. The Balaban J connectivity index is -0.00000137. The van der Waals surface area contributed by atoms with E-state index in [0.717, 1.165) is 187 Å². The Morgan fingerprint density at radius 3 is 1.39 bits per heavy atom. The van der Waals surface area contributed by atoms with Crippen LogP contribution in [0.3, 0.4) is 0 Å². The van der Waals surface area contributed by atoms with Crippen LogP contribution >= 0.6 is 0 Å². The molecule has 16 nitrogen and oxygen atoms in total. The van der Waals surface area contributed by atoms with E-state index in [4.69, 9.17) is 0 Å². The topological polar surface area (TPSA) is 230 Å². The summed E-state index contributed by atoms with van der Waals surface area (Å²) in [6.07, 6.45) is 37.8. The monoisotopic (exact) mass is 1180 g/mol. The summed E-state index contributed by atoms with van der Waals surface area (Å²) in [7, 11) is -8.02. The molecular formula is C55H104N5Na3O11S3+2. The smallest absolute Gasteiger partial charge is 0.748 e. The standard InChI is InChI=1S/C30H56N2O4S.C25H49N3O7S2.3Na/c1-4-6-7-8-9-10-11-14-17-21-28(33)22-20-25-32-27-26-31(3)30(32)24-19-16-13-12-15-18-23-29(5-2)37(34,35)36;1-27-20-21-28(25(27)17-13-9-5-3-7-11-15-23-37(33,34)35)19-18-26-24(29)16-12-8-4-2-6-10-14-22-36(30,31)32;;;/h6-7,29H,4-5,8-27H2,1-3H3;2-23H2,1H3,(H2-,26,29,30,31,32,33,34,35);;;/q;;3*+1/p-1/b7-6+;;;;. The average Bonchev–Trinajstić information content (AvgIpc) is 3.87. The minimum absolute atomic E-state index is 0. The van der Waals surface area contributed by atoms with Crippen molar-refractivity contribution in [3.8, 4) is 0 Å². The van der Waals surface area contributed by atoms with Gasteiger partial charge in [-0.15, -0.1) is 0 Å². The van der Waals surface area contributed by atoms with Gasteiger partial charge in [0.05, 0.1) is 57.5 Å². The third kappa shape index (κ3) is 47.6. The molecule has 0 aromatic heterocycles. The van der Waals surface area contributed by atoms with Crippen LogP contribution in [0.4, 0.5) is 0 Å². The van der Waals surface area contributed by atoms with Crippen LogP contribution in [0.2, 0.25) is 0 Å². The van der Waals surface area contributed by atoms with Crippen LogP contribution in [0.15, 0.2) is 12.2 Å². The van der Waals surface area contributed by atoms with Crippen LogP contribution in [-0.2, 0) is 39.9 Å². The molecule has 0 saturated heterocycles. The molecule has 1 unspecified atom stereocenters. The van der Waals surface area contributed by atoms with Gasteiger partial charge in [0.15, 0.2) is 0 Å². The molecule has 0 radical (unpaired) electrons. The molecule has 0 aromatic carbocycles. The van der Waals surface area contributed by atoms with Crippen molar-refractivity contribution in [1.29, 1.82) is 0 Å². The number of likely N-dealkylation sites (N-methyl/N-ethyl adjacent to an activating group) is 2. The Morgan fingerprint density at radius 2 is 0.935 bits per heavy atom. The van der Waals surface area contributed by atoms with Gasteiger partial charge in [0.2, 0.25) is 17.6 Å². The number of carbonyl (C=O) groups is 2. The molecule has 22 heteroatoms. The zero-order valence-corrected chi connectivity index (χ0v) is 58.3. The van der Waals surface area contributed by atoms with Crippen molar-refractivity contribution in [1.82, 2.24) is 15.1 Å². The second kappa shape index (κ2) is 51.0. The van der Waals surface area contributed by atoms with Crippen molar-refractivity contribution in [3.05, 3.63) is 12.2 Å². The Morgan fingerprint density at radius 1 is 0.532 bits per heavy atom. The van der Waals surface area contributed by atoms with Crippen molar-refractivity contribution in [2.75, 3.05) is 71.4 Å². The second-order valence-electron chi connectivity index (χ2n) is 21.0. The summed E-state index contributed by atoms with van der Waals surface area (Å²) >= 11 is 0. The van der Waals surface area contributed by atoms with Crippen molar-refractivity contribution >= 4 is 53.7 Å². The van der Waals surface area contributed by atoms with Gasteiger partial charge < -0.3 is 19.0 Å². The SMILES string of the molecule is CC/C=C/CCCCCCCC(=O)CCCN1CC[N+](C)=C1CCCCCCCCC(CC)S(=O)(=O)[O-].C[N+]1=C(CCCCCCCCCS(=O)(=O)[O-])N(CCNC(=O)CCCCCCCCCS(=O)(=O)[O-])CC1.[Na+].[Na+].[Na+]. The van der Waals surface area contributed by atoms with Crippen molar-refractivity contribution in [2.24, 2.45) is 0 Å². The molecule has 1 N–H and O–H groups in total. The molecule has 2 aliphatic heterocycles. The first-order chi connectivity index (χ1) is 35.3. The number of allylic oxidation sites excluding steroid dienone is 2. The Bertz CT molecular complexity index is 1960. The molecule has 0 fully saturated rings. The molecule has 0 aliphatic carbocycles. The molecule has 1 amide bonds. The fraction of sp³-hybridized carbons (Fsp3) is 0.891. The zero-order valence-electron chi connectivity index (χ0n) is 49.8. The number of Topliss-reactive ketones (excluding diaryl/α,β-unsaturated/α-hetero) is 1. The fourth-order valence-corrected chi connectivity index (χ4v) is 11.9. The Kier molecular flexibility index (Phi) is 54.2. The maximum atomic E-state index is 12.3. The second-order valence-corrected chi connectivity index (χ2v) is 25.7. The molecule has 0 aromatic rings. The third-order valence-corrected chi connectivity index (χ3v) is 17.4. The molecule has 2 heterocycles. The number of unbranched alkanes of at least 4 members (excludes halogenated alkanes) is 22. The zero-order chi connectivity index (χ0) is 54.9. The number of nitrogens with zero attached hydrogens (tertiary/aromatic N) is 4. The molecule has 2 rings (SSSR count). The summed E-state index contributed by atoms with van der Waals surface area (Å²) in [5.74, 6) is 2.75. The van der Waals surface area contributed by atoms with Crippen molar-refractivity contribution in [2.45, 2.75) is 244 Å². The van der Waals surface area contributed by atoms with Crippen LogP contribution in [0, 0.1) is 0 Å². The first-order valence-electron chi connectivity index (χ1n) is 29.2. The maximum absolute atomic E-state index is 12.3. The van der Waals surface area contributed by atoms with Gasteiger partial charge in [0.1, 0.15) is 38.5 Å². The number of amides is 1. The molecule has 0 saturated carbocycles. The van der Waals surface area contributed by atoms with Crippen molar-refractivity contribution < 1.29 is 146 Å². The van der Waals surface area contributed by atoms with E-state index in [1.54, 1.807) is 6.92 Å². The number of ketones is 1. The summed E-state index contributed by atoms with van der Waals surface area (Å²) in [6, 6.07) is 0. The third-order valence-electron chi connectivity index (χ3n) is 14.5. The Hall–Kier alpha value is 0.550. The summed E-state index contributed by atoms with van der Waals surface area (Å²) < 4.78 is 102. The normalized spacial score (nSPS) is 14.3. The van der Waals surface area contributed by atoms with E-state index in [2.05, 4.69) is 57.4 Å². The van der Waals surface area contributed by atoms with E-state index in [1.165, 1.54) is 50.2 Å². The first-order valence-corrected chi connectivity index (χ1v) is 33.8. The van der Waals surface area contributed by atoms with E-state index in [0.29, 0.717) is 50.9 Å². The van der Waals surface area contributed by atoms with Crippen LogP contribution in [-0.4, -0.2) is 158 Å². The molecule has 0 spiro atoms. The molecular weight excluding hydrogens is 1070 g/mol. The molecule has 1 atom stereocenters. The van der Waals surface area contributed by atoms with Gasteiger partial charge in [-0.1, -0.05) is 142 Å². The maximum Gasteiger partial charge on any atom is 1.00 e. The number of amidine groups is 2. The van der Waals surface area contributed by atoms with E-state index in [-0.39, 0.29) is 106 Å². The number of hydrogen-bond donors (Lipinski definition) is 1. The van der Waals surface area contributed by atoms with E-state index < -0.39 is 35.6 Å². The summed E-state index contributed by atoms with van der Waals surface area (Å²) in [5.41, 5.74) is 0. The van der Waals surface area contributed by atoms with Gasteiger partial charge in [0, 0.05) is 48.9 Å². The minimum atomic E-state index is -4.14. The number of hydrogen-bond acceptors (Lipinski definition) is 13. The van der Waals surface area contributed by atoms with Gasteiger partial charge in [-0.05, 0) is 77.0 Å². The van der Waals surface area contributed by atoms with Crippen LogP contribution < -0.4 is 94.0 Å². The van der Waals surface area contributed by atoms with E-state index >= 15 is 0 Å². The number of nitrogens with one attached hydrogen (secondary N) is 1. The van der Waals surface area contributed by atoms with E-state index in [9.17, 15) is 48.5 Å². The summed E-state index contributed by atoms with van der Waals surface area (Å²) in [4.78, 5) is 29.3. The number of carbonyl (C=O) groups excluding carboxylic acids is 2. The molecule has 434 valence electrons. The van der Waals surface area contributed by atoms with Gasteiger partial charge in [-0.2, -0.15) is 0 Å². The van der Waals surface area contributed by atoms with E-state index in [1.807, 2.05) is 0 Å². The average molecular weight is 1180 g/mol. The largest absolute Gasteiger partial charge is 1.00 e. The first kappa shape index (κ1) is 81.8. The predicted molar refractivity (Wildman–Crippen MR) is 298 cm³/mol. The van der Waals surface area contributed by atoms with Crippen LogP contribution in [0.25, 0.3) is 0 Å². The van der Waals surface area contributed by atoms with Gasteiger partial charge in [-0.3, -0.25) is 28.5 Å². The summed E-state index contributed by atoms with van der Waals surface area (Å²) in [5, 5.41) is 2.32. The van der Waals surface area contributed by atoms with Gasteiger partial charge in [-0.25, -0.2) is 25.3 Å². The minimum Gasteiger partial charge on any atom is -0.748 e. The number of rotatable bonds is 47. The van der Waals surface area contributed by atoms with Crippen molar-refractivity contribution in [3.63, 3.8) is 0 Å². The van der Waals surface area contributed by atoms with Gasteiger partial charge >= 0.3 is 88.7 Å². The van der Waals surface area contributed by atoms with Gasteiger partial charge in [0.25, 0.3) is 0 Å². The molecule has 0 bridgehead atoms. The predicted octanol–water partition coefficient (Wildman–Crippen LogP) is 0.637.